The van der Waals surface area contributed by atoms with Gasteiger partial charge in [-0.2, -0.15) is 9.40 Å². The molecule has 0 saturated carbocycles. The second kappa shape index (κ2) is 17.7. The van der Waals surface area contributed by atoms with Crippen LogP contribution in [-0.4, -0.2) is 70.1 Å². The molecule has 3 aromatic carbocycles. The summed E-state index contributed by atoms with van der Waals surface area (Å²) in [6.07, 6.45) is 1.74. The number of aromatic carboxylic acids is 1. The number of hydrogen-bond donors (Lipinski definition) is 2. The first kappa shape index (κ1) is 40.8. The van der Waals surface area contributed by atoms with Crippen LogP contribution < -0.4 is 10.1 Å². The maximum atomic E-state index is 13.8. The lowest BCUT2D eigenvalue weighted by Crippen LogP contribution is -2.33. The Bertz CT molecular complexity index is 2140. The summed E-state index contributed by atoms with van der Waals surface area (Å²) in [7, 11) is -1.81. The molecule has 0 atom stereocenters. The van der Waals surface area contributed by atoms with E-state index >= 15 is 0 Å². The Morgan fingerprint density at radius 3 is 2.44 bits per heavy atom. The Morgan fingerprint density at radius 2 is 1.79 bits per heavy atom. The predicted molar refractivity (Wildman–Crippen MR) is 209 cm³/mol. The van der Waals surface area contributed by atoms with Crippen LogP contribution in [0.1, 0.15) is 75.4 Å². The number of carboxylic acid groups (broad SMARTS) is 1. The Morgan fingerprint density at radius 1 is 1.06 bits per heavy atom. The number of benzene rings is 3. The fraction of sp³-hybridized carbons (Fsp3) is 0.436. The van der Waals surface area contributed by atoms with Crippen LogP contribution in [-0.2, 0) is 43.0 Å². The number of nitrogens with one attached hydrogen (secondary N) is 1. The van der Waals surface area contributed by atoms with Crippen LogP contribution in [0.25, 0.3) is 32.8 Å². The smallest absolute Gasteiger partial charge is 0.352 e. The van der Waals surface area contributed by atoms with Gasteiger partial charge in [0.2, 0.25) is 10.0 Å². The Labute approximate surface area is 311 Å². The van der Waals surface area contributed by atoms with Crippen molar-refractivity contribution in [3.63, 3.8) is 0 Å². The van der Waals surface area contributed by atoms with Gasteiger partial charge < -0.3 is 19.7 Å². The maximum Gasteiger partial charge on any atom is 0.352 e. The van der Waals surface area contributed by atoms with Crippen LogP contribution in [0.15, 0.2) is 48.5 Å². The van der Waals surface area contributed by atoms with E-state index in [1.807, 2.05) is 38.2 Å². The van der Waals surface area contributed by atoms with E-state index in [4.69, 9.17) is 21.4 Å². The Hall–Kier alpha value is -3.97. The third kappa shape index (κ3) is 8.30. The number of rotatable bonds is 10. The van der Waals surface area contributed by atoms with Crippen LogP contribution in [0.4, 0.5) is 4.39 Å². The molecule has 0 spiro atoms. The average molecular weight is 756 g/mol. The molecule has 0 bridgehead atoms. The van der Waals surface area contributed by atoms with Gasteiger partial charge in [0.15, 0.2) is 0 Å². The molecule has 1 aliphatic heterocycles. The number of fused-ring (bicyclic) bond motifs is 3. The lowest BCUT2D eigenvalue weighted by atomic mass is 9.97. The van der Waals surface area contributed by atoms with Crippen molar-refractivity contribution < 1.29 is 27.4 Å². The number of carbonyl (C=O) groups is 1. The van der Waals surface area contributed by atoms with E-state index in [0.29, 0.717) is 59.0 Å². The van der Waals surface area contributed by atoms with Crippen molar-refractivity contribution in [2.45, 2.75) is 73.9 Å². The Balaban J connectivity index is 0.000000944. The third-order valence-corrected chi connectivity index (χ3v) is 11.6. The molecule has 0 amide bonds. The minimum Gasteiger partial charge on any atom is -0.493 e. The van der Waals surface area contributed by atoms with E-state index in [2.05, 4.69) is 19.2 Å². The van der Waals surface area contributed by atoms with Gasteiger partial charge in [-0.1, -0.05) is 64.9 Å². The van der Waals surface area contributed by atoms with E-state index in [-0.39, 0.29) is 50.7 Å². The van der Waals surface area contributed by atoms with Crippen molar-refractivity contribution in [2.24, 2.45) is 7.05 Å². The molecule has 52 heavy (non-hydrogen) atoms. The summed E-state index contributed by atoms with van der Waals surface area (Å²) in [6, 6.07) is 13.7. The van der Waals surface area contributed by atoms with E-state index < -0.39 is 16.0 Å². The van der Waals surface area contributed by atoms with Gasteiger partial charge in [-0.3, -0.25) is 4.68 Å². The molecule has 282 valence electrons. The second-order valence-corrected chi connectivity index (χ2v) is 15.0. The SMILES string of the molecule is C.CCNCC.CCc1c2c(nn1C)CN(CC)S(=O)(=O)CCCn1c(C(=O)O)c(CCCOc3cccc4cc(F)ccc34)c3ccc(Cl)c-2c31. The first-order chi connectivity index (χ1) is 24.5. The van der Waals surface area contributed by atoms with Gasteiger partial charge >= 0.3 is 5.97 Å². The zero-order valence-corrected chi connectivity index (χ0v) is 31.5. The van der Waals surface area contributed by atoms with Crippen molar-refractivity contribution in [3.05, 3.63) is 82.0 Å². The van der Waals surface area contributed by atoms with E-state index in [1.165, 1.54) is 16.4 Å². The fourth-order valence-electron chi connectivity index (χ4n) is 7.02. The molecule has 0 saturated heterocycles. The van der Waals surface area contributed by atoms with Crippen molar-refractivity contribution in [3.8, 4) is 16.9 Å². The zero-order chi connectivity index (χ0) is 36.9. The monoisotopic (exact) mass is 755 g/mol. The number of halogens is 2. The van der Waals surface area contributed by atoms with Crippen molar-refractivity contribution >= 4 is 49.3 Å². The number of hydrogen-bond acceptors (Lipinski definition) is 6. The lowest BCUT2D eigenvalue weighted by Gasteiger charge is -2.20. The highest BCUT2D eigenvalue weighted by atomic mass is 35.5. The molecule has 0 aliphatic carbocycles. The average Bonchev–Trinajstić information content (AvgIpc) is 3.58. The first-order valence-corrected chi connectivity index (χ1v) is 19.6. The van der Waals surface area contributed by atoms with Gasteiger partial charge in [-0.05, 0) is 80.1 Å². The van der Waals surface area contributed by atoms with Gasteiger partial charge in [0, 0.05) is 47.7 Å². The topological polar surface area (TPSA) is 119 Å². The molecule has 6 rings (SSSR count). The molecule has 2 aromatic heterocycles. The molecule has 0 radical (unpaired) electrons. The molecular formula is C39H51ClFN5O5S. The summed E-state index contributed by atoms with van der Waals surface area (Å²) < 4.78 is 51.7. The second-order valence-electron chi connectivity index (χ2n) is 12.5. The molecule has 10 nitrogen and oxygen atoms in total. The zero-order valence-electron chi connectivity index (χ0n) is 29.9. The molecule has 3 heterocycles. The van der Waals surface area contributed by atoms with Gasteiger partial charge in [-0.25, -0.2) is 17.6 Å². The van der Waals surface area contributed by atoms with E-state index in [1.54, 1.807) is 28.3 Å². The highest BCUT2D eigenvalue weighted by Gasteiger charge is 2.32. The summed E-state index contributed by atoms with van der Waals surface area (Å²) in [5, 5.41) is 21.2. The van der Waals surface area contributed by atoms with Crippen molar-refractivity contribution in [1.82, 2.24) is 24.0 Å². The van der Waals surface area contributed by atoms with E-state index in [0.717, 1.165) is 40.5 Å². The normalized spacial score (nSPS) is 14.2. The molecule has 0 unspecified atom stereocenters. The minimum absolute atomic E-state index is 0. The summed E-state index contributed by atoms with van der Waals surface area (Å²) in [5.41, 5.74) is 4.30. The molecule has 2 N–H and O–H groups in total. The highest BCUT2D eigenvalue weighted by Crippen LogP contribution is 2.43. The van der Waals surface area contributed by atoms with Gasteiger partial charge in [-0.15, -0.1) is 0 Å². The Kier molecular flexibility index (Phi) is 13.9. The molecule has 13 heteroatoms. The number of carboxylic acids is 1. The first-order valence-electron chi connectivity index (χ1n) is 17.6. The molecular weight excluding hydrogens is 705 g/mol. The van der Waals surface area contributed by atoms with Gasteiger partial charge in [0.05, 0.1) is 35.1 Å². The summed E-state index contributed by atoms with van der Waals surface area (Å²) in [4.78, 5) is 13.0. The third-order valence-electron chi connectivity index (χ3n) is 9.29. The van der Waals surface area contributed by atoms with Crippen LogP contribution in [0, 0.1) is 5.82 Å². The van der Waals surface area contributed by atoms with Gasteiger partial charge in [0.25, 0.3) is 0 Å². The van der Waals surface area contributed by atoms with Crippen LogP contribution >= 0.6 is 11.6 Å². The standard InChI is InChI=1S/C34H36ClFN4O5S.C4H11N.CH4/c1-4-28-31-27(37-38(28)3)20-39(5-2)46(43,44)18-8-16-40-32-25(14-15-26(35)30(31)32)24(33(40)34(41)42)10-7-17-45-29-11-6-9-21-19-22(36)12-13-23(21)29;1-3-5-4-2;/h6,9,11-15,19H,4-5,7-8,10,16-18,20H2,1-3H3,(H,41,42);5H,3-4H2,1-2H3;1H4. The fourth-order valence-corrected chi connectivity index (χ4v) is 8.73. The quantitative estimate of drug-likeness (QED) is 0.139. The molecule has 1 aliphatic rings. The highest BCUT2D eigenvalue weighted by molar-refractivity contribution is 7.89. The number of sulfonamides is 1. The summed E-state index contributed by atoms with van der Waals surface area (Å²) in [6.45, 7) is 11.1. The molecule has 0 fully saturated rings. The molecule has 5 aromatic rings. The number of aryl methyl sites for hydroxylation is 3. The van der Waals surface area contributed by atoms with Crippen molar-refractivity contribution in [2.75, 3.05) is 32.0 Å². The summed E-state index contributed by atoms with van der Waals surface area (Å²) >= 11 is 6.98. The lowest BCUT2D eigenvalue weighted by molar-refractivity contribution is 0.0684. The van der Waals surface area contributed by atoms with E-state index in [9.17, 15) is 22.7 Å². The minimum atomic E-state index is -3.64. The van der Waals surface area contributed by atoms with Crippen LogP contribution in [0.3, 0.4) is 0 Å². The predicted octanol–water partition coefficient (Wildman–Crippen LogP) is 8.07. The van der Waals surface area contributed by atoms with Gasteiger partial charge in [0.1, 0.15) is 17.3 Å². The van der Waals surface area contributed by atoms with Crippen molar-refractivity contribution in [1.29, 1.82) is 0 Å². The van der Waals surface area contributed by atoms with Crippen LogP contribution in [0.2, 0.25) is 5.02 Å². The summed E-state index contributed by atoms with van der Waals surface area (Å²) in [5.74, 6) is -0.922. The number of nitrogens with zero attached hydrogens (tertiary/aromatic N) is 4. The van der Waals surface area contributed by atoms with Crippen LogP contribution in [0.5, 0.6) is 5.75 Å². The largest absolute Gasteiger partial charge is 0.493 e. The number of ether oxygens (including phenoxy) is 1. The number of aromatic nitrogens is 3. The maximum absolute atomic E-state index is 13.8.